The van der Waals surface area contributed by atoms with Crippen molar-refractivity contribution in [2.45, 2.75) is 61.4 Å². The summed E-state index contributed by atoms with van der Waals surface area (Å²) in [5.74, 6) is 2.80. The lowest BCUT2D eigenvalue weighted by atomic mass is 9.56. The molecule has 1 aliphatic heterocycles. The smallest absolute Gasteiger partial charge is 0.0470 e. The van der Waals surface area contributed by atoms with Gasteiger partial charge in [-0.25, -0.2) is 0 Å². The van der Waals surface area contributed by atoms with E-state index in [9.17, 15) is 4.21 Å². The third kappa shape index (κ3) is 1.81. The van der Waals surface area contributed by atoms with Gasteiger partial charge in [0, 0.05) is 20.8 Å². The summed E-state index contributed by atoms with van der Waals surface area (Å²) in [5, 5.41) is 3.91. The van der Waals surface area contributed by atoms with Gasteiger partial charge in [0.1, 0.15) is 0 Å². The van der Waals surface area contributed by atoms with Crippen molar-refractivity contribution in [3.05, 3.63) is 0 Å². The van der Waals surface area contributed by atoms with Crippen LogP contribution in [0.25, 0.3) is 0 Å². The van der Waals surface area contributed by atoms with Crippen molar-refractivity contribution in [2.75, 3.05) is 13.1 Å². The molecule has 2 nitrogen and oxygen atoms in total. The average Bonchev–Trinajstić information content (AvgIpc) is 2.37. The first-order valence-corrected chi connectivity index (χ1v) is 9.08. The third-order valence-electron chi connectivity index (χ3n) is 6.00. The van der Waals surface area contributed by atoms with Crippen molar-refractivity contribution in [2.24, 2.45) is 17.8 Å². The molecule has 1 saturated heterocycles. The molecule has 1 N–H and O–H groups in total. The minimum atomic E-state index is -0.551. The van der Waals surface area contributed by atoms with Crippen LogP contribution >= 0.6 is 0 Å². The van der Waals surface area contributed by atoms with Crippen LogP contribution in [0, 0.1) is 17.8 Å². The Morgan fingerprint density at radius 2 is 1.39 bits per heavy atom. The normalized spacial score (nSPS) is 49.4. The van der Waals surface area contributed by atoms with Gasteiger partial charge in [0.2, 0.25) is 0 Å². The summed E-state index contributed by atoms with van der Waals surface area (Å²) < 4.78 is 13.4. The van der Waals surface area contributed by atoms with E-state index in [1.54, 1.807) is 0 Å². The molecule has 0 radical (unpaired) electrons. The quantitative estimate of drug-likeness (QED) is 0.832. The van der Waals surface area contributed by atoms with E-state index in [0.29, 0.717) is 5.25 Å². The minimum Gasteiger partial charge on any atom is -0.317 e. The Morgan fingerprint density at radius 1 is 0.889 bits per heavy atom. The van der Waals surface area contributed by atoms with Crippen LogP contribution in [0.3, 0.4) is 0 Å². The molecule has 5 rings (SSSR count). The van der Waals surface area contributed by atoms with Crippen LogP contribution in [0.2, 0.25) is 0 Å². The maximum atomic E-state index is 13.1. The van der Waals surface area contributed by atoms with E-state index >= 15 is 0 Å². The van der Waals surface area contributed by atoms with Crippen molar-refractivity contribution >= 4 is 10.8 Å². The number of hydrogen-bond acceptors (Lipinski definition) is 2. The van der Waals surface area contributed by atoms with Gasteiger partial charge in [-0.1, -0.05) is 0 Å². The van der Waals surface area contributed by atoms with Crippen LogP contribution < -0.4 is 5.32 Å². The third-order valence-corrected chi connectivity index (χ3v) is 8.43. The van der Waals surface area contributed by atoms with Gasteiger partial charge in [-0.2, -0.15) is 0 Å². The van der Waals surface area contributed by atoms with Gasteiger partial charge in [0.05, 0.1) is 0 Å². The van der Waals surface area contributed by atoms with Gasteiger partial charge < -0.3 is 5.32 Å². The highest BCUT2D eigenvalue weighted by Gasteiger charge is 2.54. The van der Waals surface area contributed by atoms with Gasteiger partial charge in [0.25, 0.3) is 0 Å². The Morgan fingerprint density at radius 3 is 1.89 bits per heavy atom. The average molecular weight is 267 g/mol. The predicted octanol–water partition coefficient (Wildman–Crippen LogP) is 2.46. The molecule has 0 aromatic heterocycles. The van der Waals surface area contributed by atoms with Gasteiger partial charge in [-0.15, -0.1) is 0 Å². The summed E-state index contributed by atoms with van der Waals surface area (Å²) in [7, 11) is -0.551. The van der Waals surface area contributed by atoms with E-state index in [1.807, 2.05) is 0 Å². The first-order valence-electron chi connectivity index (χ1n) is 7.86. The Bertz CT molecular complexity index is 326. The lowest BCUT2D eigenvalue weighted by molar-refractivity contribution is 0.0356. The summed E-state index contributed by atoms with van der Waals surface area (Å²) in [6.07, 6.45) is 10.6. The topological polar surface area (TPSA) is 29.1 Å². The van der Waals surface area contributed by atoms with Gasteiger partial charge in [0.15, 0.2) is 0 Å². The second-order valence-corrected chi connectivity index (χ2v) is 9.47. The van der Waals surface area contributed by atoms with Crippen LogP contribution in [-0.4, -0.2) is 27.3 Å². The Hall–Kier alpha value is 0.110. The lowest BCUT2D eigenvalue weighted by Crippen LogP contribution is -2.55. The molecule has 5 aliphatic rings. The number of piperidine rings is 1. The predicted molar refractivity (Wildman–Crippen MR) is 74.9 cm³/mol. The van der Waals surface area contributed by atoms with Gasteiger partial charge in [-0.3, -0.25) is 4.21 Å². The molecule has 5 fully saturated rings. The van der Waals surface area contributed by atoms with Crippen LogP contribution in [0.15, 0.2) is 0 Å². The first-order chi connectivity index (χ1) is 8.75. The van der Waals surface area contributed by atoms with Crippen molar-refractivity contribution < 1.29 is 4.21 Å². The number of rotatable bonds is 2. The van der Waals surface area contributed by atoms with E-state index < -0.39 is 10.8 Å². The molecule has 4 saturated carbocycles. The summed E-state index contributed by atoms with van der Waals surface area (Å²) in [6.45, 7) is 2.17. The summed E-state index contributed by atoms with van der Waals surface area (Å²) in [6, 6.07) is 0. The van der Waals surface area contributed by atoms with Crippen molar-refractivity contribution in [3.8, 4) is 0 Å². The fourth-order valence-electron chi connectivity index (χ4n) is 5.64. The van der Waals surface area contributed by atoms with E-state index in [-0.39, 0.29) is 4.75 Å². The van der Waals surface area contributed by atoms with Crippen molar-refractivity contribution in [1.82, 2.24) is 5.32 Å². The van der Waals surface area contributed by atoms with Crippen LogP contribution in [0.5, 0.6) is 0 Å². The molecule has 18 heavy (non-hydrogen) atoms. The highest BCUT2D eigenvalue weighted by molar-refractivity contribution is 7.87. The maximum absolute atomic E-state index is 13.1. The molecule has 3 heteroatoms. The van der Waals surface area contributed by atoms with Crippen molar-refractivity contribution in [3.63, 3.8) is 0 Å². The van der Waals surface area contributed by atoms with Crippen LogP contribution in [-0.2, 0) is 10.8 Å². The maximum Gasteiger partial charge on any atom is 0.0470 e. The number of hydrogen-bond donors (Lipinski definition) is 1. The standard InChI is InChI=1S/C15H25NOS/c17-18(14-1-3-16-4-2-14)15-8-11-5-12(9-15)7-13(6-11)10-15/h11-14,16H,1-10H2. The minimum absolute atomic E-state index is 0.261. The molecule has 4 bridgehead atoms. The number of nitrogens with one attached hydrogen (secondary N) is 1. The second-order valence-electron chi connectivity index (χ2n) is 7.35. The van der Waals surface area contributed by atoms with Crippen LogP contribution in [0.4, 0.5) is 0 Å². The molecule has 0 aromatic rings. The lowest BCUT2D eigenvalue weighted by Gasteiger charge is -2.57. The fraction of sp³-hybridized carbons (Fsp3) is 1.00. The largest absolute Gasteiger partial charge is 0.317 e. The second kappa shape index (κ2) is 4.31. The zero-order chi connectivity index (χ0) is 12.2. The summed E-state index contributed by atoms with van der Waals surface area (Å²) in [5.41, 5.74) is 0. The molecular weight excluding hydrogens is 242 g/mol. The van der Waals surface area contributed by atoms with E-state index in [0.717, 1.165) is 43.7 Å². The Balaban J connectivity index is 1.57. The molecule has 1 atom stereocenters. The first kappa shape index (κ1) is 11.9. The summed E-state index contributed by atoms with van der Waals surface area (Å²) in [4.78, 5) is 0. The monoisotopic (exact) mass is 267 g/mol. The van der Waals surface area contributed by atoms with Gasteiger partial charge >= 0.3 is 0 Å². The van der Waals surface area contributed by atoms with E-state index in [4.69, 9.17) is 0 Å². The highest BCUT2D eigenvalue weighted by atomic mass is 32.2. The van der Waals surface area contributed by atoms with E-state index in [1.165, 1.54) is 38.5 Å². The molecule has 0 aromatic carbocycles. The molecule has 0 spiro atoms. The summed E-state index contributed by atoms with van der Waals surface area (Å²) >= 11 is 0. The zero-order valence-corrected chi connectivity index (χ0v) is 12.0. The van der Waals surface area contributed by atoms with Crippen LogP contribution in [0.1, 0.15) is 51.4 Å². The molecular formula is C15H25NOS. The highest BCUT2D eigenvalue weighted by Crippen LogP contribution is 2.58. The molecule has 4 aliphatic carbocycles. The molecule has 1 heterocycles. The molecule has 102 valence electrons. The SMILES string of the molecule is O=S(C1CCNCC1)C12CC3CC(CC(C3)C1)C2. The zero-order valence-electron chi connectivity index (χ0n) is 11.2. The Labute approximate surface area is 113 Å². The Kier molecular flexibility index (Phi) is 2.85. The van der Waals surface area contributed by atoms with Crippen molar-refractivity contribution in [1.29, 1.82) is 0 Å². The molecule has 0 amide bonds. The molecule has 1 unspecified atom stereocenters. The van der Waals surface area contributed by atoms with Gasteiger partial charge in [-0.05, 0) is 82.2 Å². The fourth-order valence-corrected chi connectivity index (χ4v) is 8.21. The van der Waals surface area contributed by atoms with E-state index in [2.05, 4.69) is 5.32 Å².